The van der Waals surface area contributed by atoms with Crippen molar-refractivity contribution in [2.24, 2.45) is 5.29 Å². The molecule has 0 saturated heterocycles. The van der Waals surface area contributed by atoms with E-state index in [-0.39, 0.29) is 0 Å². The number of nitrogens with zero attached hydrogens (tertiary/aromatic N) is 1. The SMILES string of the molecule is C/C=C(\C)NN=O. The van der Waals surface area contributed by atoms with E-state index >= 15 is 0 Å². The third-order valence-electron chi connectivity index (χ3n) is 0.655. The van der Waals surface area contributed by atoms with Gasteiger partial charge in [0.15, 0.2) is 0 Å². The summed E-state index contributed by atoms with van der Waals surface area (Å²) in [6.07, 6.45) is 1.77. The first-order valence-electron chi connectivity index (χ1n) is 2.02. The van der Waals surface area contributed by atoms with Gasteiger partial charge in [-0.1, -0.05) is 6.08 Å². The van der Waals surface area contributed by atoms with Gasteiger partial charge in [0.1, 0.15) is 0 Å². The molecule has 0 heterocycles. The van der Waals surface area contributed by atoms with E-state index in [2.05, 4.69) is 10.7 Å². The van der Waals surface area contributed by atoms with E-state index in [0.717, 1.165) is 5.70 Å². The lowest BCUT2D eigenvalue weighted by Gasteiger charge is -1.88. The van der Waals surface area contributed by atoms with Gasteiger partial charge in [-0.3, -0.25) is 0 Å². The smallest absolute Gasteiger partial charge is 0.0543 e. The quantitative estimate of drug-likeness (QED) is 0.418. The number of nitrogens with one attached hydrogen (secondary N) is 1. The summed E-state index contributed by atoms with van der Waals surface area (Å²) in [4.78, 5) is 9.37. The molecule has 40 valence electrons. The Labute approximate surface area is 42.4 Å². The zero-order valence-electron chi connectivity index (χ0n) is 4.43. The highest BCUT2D eigenvalue weighted by Crippen LogP contribution is 1.81. The molecule has 0 radical (unpaired) electrons. The van der Waals surface area contributed by atoms with Gasteiger partial charge in [-0.25, -0.2) is 5.43 Å². The summed E-state index contributed by atoms with van der Waals surface area (Å²) in [7, 11) is 0. The Balaban J connectivity index is 3.36. The van der Waals surface area contributed by atoms with Crippen LogP contribution in [0.25, 0.3) is 0 Å². The Morgan fingerprint density at radius 2 is 2.43 bits per heavy atom. The molecule has 0 aromatic carbocycles. The Bertz CT molecular complexity index is 87.7. The molecule has 7 heavy (non-hydrogen) atoms. The van der Waals surface area contributed by atoms with Gasteiger partial charge in [0.2, 0.25) is 0 Å². The third kappa shape index (κ3) is 2.96. The van der Waals surface area contributed by atoms with E-state index in [1.54, 1.807) is 13.0 Å². The molecule has 0 spiro atoms. The number of rotatable bonds is 2. The van der Waals surface area contributed by atoms with E-state index in [1.165, 1.54) is 0 Å². The predicted molar refractivity (Wildman–Crippen MR) is 28.4 cm³/mol. The second-order valence-corrected chi connectivity index (χ2v) is 1.17. The minimum Gasteiger partial charge on any atom is -0.247 e. The zero-order valence-corrected chi connectivity index (χ0v) is 4.43. The maximum absolute atomic E-state index is 9.37. The van der Waals surface area contributed by atoms with Gasteiger partial charge >= 0.3 is 0 Å². The van der Waals surface area contributed by atoms with Gasteiger partial charge in [0.25, 0.3) is 0 Å². The lowest BCUT2D eigenvalue weighted by atomic mass is 10.5. The summed E-state index contributed by atoms with van der Waals surface area (Å²) in [5.74, 6) is 0. The Kier molecular flexibility index (Phi) is 2.92. The minimum atomic E-state index is 0.773. The van der Waals surface area contributed by atoms with Crippen molar-refractivity contribution in [2.45, 2.75) is 13.8 Å². The van der Waals surface area contributed by atoms with Crippen LogP contribution in [0.3, 0.4) is 0 Å². The van der Waals surface area contributed by atoms with Crippen molar-refractivity contribution in [2.75, 3.05) is 0 Å². The average Bonchev–Trinajstić information content (AvgIpc) is 1.68. The summed E-state index contributed by atoms with van der Waals surface area (Å²) in [6, 6.07) is 0. The molecular weight excluding hydrogens is 92.1 g/mol. The van der Waals surface area contributed by atoms with Crippen LogP contribution in [0.5, 0.6) is 0 Å². The molecule has 3 nitrogen and oxygen atoms in total. The Morgan fingerprint density at radius 1 is 1.86 bits per heavy atom. The molecule has 0 aliphatic heterocycles. The molecular formula is C4H8N2O. The summed E-state index contributed by atoms with van der Waals surface area (Å²) >= 11 is 0. The van der Waals surface area contributed by atoms with Gasteiger partial charge in [-0.05, 0) is 13.8 Å². The maximum Gasteiger partial charge on any atom is 0.0543 e. The van der Waals surface area contributed by atoms with Crippen LogP contribution in [0, 0.1) is 4.91 Å². The van der Waals surface area contributed by atoms with Crippen LogP contribution < -0.4 is 5.43 Å². The number of allylic oxidation sites excluding steroid dienone is 2. The van der Waals surface area contributed by atoms with Crippen LogP contribution in [0.15, 0.2) is 17.1 Å². The average molecular weight is 100 g/mol. The molecule has 0 unspecified atom stereocenters. The van der Waals surface area contributed by atoms with Gasteiger partial charge in [0.05, 0.1) is 5.29 Å². The fourth-order valence-electron chi connectivity index (χ4n) is 0.137. The lowest BCUT2D eigenvalue weighted by molar-refractivity contribution is 0.874. The molecule has 0 aromatic rings. The third-order valence-corrected chi connectivity index (χ3v) is 0.655. The monoisotopic (exact) mass is 100 g/mol. The van der Waals surface area contributed by atoms with Crippen LogP contribution in [-0.4, -0.2) is 0 Å². The maximum atomic E-state index is 9.37. The molecule has 0 bridgehead atoms. The molecule has 0 fully saturated rings. The minimum absolute atomic E-state index is 0.773. The molecule has 0 aromatic heterocycles. The van der Waals surface area contributed by atoms with Crippen LogP contribution in [0.4, 0.5) is 0 Å². The first-order chi connectivity index (χ1) is 3.31. The van der Waals surface area contributed by atoms with Crippen LogP contribution in [0.2, 0.25) is 0 Å². The van der Waals surface area contributed by atoms with Crippen molar-refractivity contribution in [3.63, 3.8) is 0 Å². The van der Waals surface area contributed by atoms with Gasteiger partial charge in [0, 0.05) is 5.70 Å². The van der Waals surface area contributed by atoms with Gasteiger partial charge < -0.3 is 0 Å². The van der Waals surface area contributed by atoms with Gasteiger partial charge in [-0.2, -0.15) is 0 Å². The van der Waals surface area contributed by atoms with E-state index in [9.17, 15) is 4.91 Å². The van der Waals surface area contributed by atoms with Crippen LogP contribution in [-0.2, 0) is 0 Å². The molecule has 0 saturated carbocycles. The summed E-state index contributed by atoms with van der Waals surface area (Å²) in [5, 5.41) is 2.44. The van der Waals surface area contributed by atoms with Crippen molar-refractivity contribution in [3.8, 4) is 0 Å². The molecule has 1 N–H and O–H groups in total. The van der Waals surface area contributed by atoms with E-state index in [0.29, 0.717) is 0 Å². The second-order valence-electron chi connectivity index (χ2n) is 1.17. The summed E-state index contributed by atoms with van der Waals surface area (Å²) in [5.41, 5.74) is 3.00. The normalized spacial score (nSPS) is 10.9. The largest absolute Gasteiger partial charge is 0.247 e. The van der Waals surface area contributed by atoms with Crippen LogP contribution in [0.1, 0.15) is 13.8 Å². The number of hydrogen-bond acceptors (Lipinski definition) is 2. The Morgan fingerprint density at radius 3 is 2.57 bits per heavy atom. The van der Waals surface area contributed by atoms with Crippen molar-refractivity contribution in [1.82, 2.24) is 5.43 Å². The highest BCUT2D eigenvalue weighted by molar-refractivity contribution is 4.90. The molecule has 0 amide bonds. The fourth-order valence-corrected chi connectivity index (χ4v) is 0.137. The van der Waals surface area contributed by atoms with Crippen molar-refractivity contribution in [3.05, 3.63) is 16.7 Å². The second kappa shape index (κ2) is 3.33. The number of nitroso groups, excluding NO2 is 1. The molecule has 0 atom stereocenters. The van der Waals surface area contributed by atoms with E-state index in [1.807, 2.05) is 6.92 Å². The van der Waals surface area contributed by atoms with E-state index in [4.69, 9.17) is 0 Å². The fraction of sp³-hybridized carbons (Fsp3) is 0.500. The van der Waals surface area contributed by atoms with Gasteiger partial charge in [-0.15, -0.1) is 4.91 Å². The summed E-state index contributed by atoms with van der Waals surface area (Å²) < 4.78 is 0. The highest BCUT2D eigenvalue weighted by Gasteiger charge is 1.76. The number of hydrogen-bond donors (Lipinski definition) is 1. The lowest BCUT2D eigenvalue weighted by Crippen LogP contribution is -1.97. The molecule has 0 rings (SSSR count). The first-order valence-corrected chi connectivity index (χ1v) is 2.02. The van der Waals surface area contributed by atoms with Crippen LogP contribution >= 0.6 is 0 Å². The van der Waals surface area contributed by atoms with Crippen molar-refractivity contribution in [1.29, 1.82) is 0 Å². The van der Waals surface area contributed by atoms with E-state index < -0.39 is 0 Å². The molecule has 0 aliphatic carbocycles. The summed E-state index contributed by atoms with van der Waals surface area (Å²) in [6.45, 7) is 3.59. The zero-order chi connectivity index (χ0) is 5.70. The molecule has 3 heteroatoms. The standard InChI is InChI=1S/C4H8N2O/c1-3-4(2)5-6-7/h3H,1-2H3,(H,5,7)/b4-3+. The topological polar surface area (TPSA) is 41.5 Å². The first kappa shape index (κ1) is 6.14. The predicted octanol–water partition coefficient (Wildman–Crippen LogP) is 1.18. The highest BCUT2D eigenvalue weighted by atomic mass is 16.3. The Hall–Kier alpha value is -0.860. The molecule has 0 aliphatic rings. The van der Waals surface area contributed by atoms with Crippen molar-refractivity contribution < 1.29 is 0 Å². The van der Waals surface area contributed by atoms with Crippen molar-refractivity contribution >= 4 is 0 Å².